The molecule has 0 aliphatic rings. The number of nitrogens with one attached hydrogen (secondary N) is 1. The Morgan fingerprint density at radius 1 is 1.60 bits per heavy atom. The normalized spacial score (nSPS) is 8.90. The van der Waals surface area contributed by atoms with Gasteiger partial charge in [0.2, 0.25) is 5.91 Å². The summed E-state index contributed by atoms with van der Waals surface area (Å²) in [5, 5.41) is 2.55. The lowest BCUT2D eigenvalue weighted by Crippen LogP contribution is -2.06. The van der Waals surface area contributed by atoms with Crippen LogP contribution in [0.1, 0.15) is 6.92 Å². The van der Waals surface area contributed by atoms with Crippen molar-refractivity contribution in [1.29, 1.82) is 0 Å². The van der Waals surface area contributed by atoms with Gasteiger partial charge in [0.25, 0.3) is 0 Å². The highest BCUT2D eigenvalue weighted by Gasteiger charge is 1.91. The van der Waals surface area contributed by atoms with E-state index < -0.39 is 0 Å². The van der Waals surface area contributed by atoms with Gasteiger partial charge >= 0.3 is 0 Å². The number of nitrogens with zero attached hydrogens (tertiary/aromatic N) is 1. The molecule has 0 fully saturated rings. The van der Waals surface area contributed by atoms with Crippen molar-refractivity contribution in [3.8, 4) is 0 Å². The molecule has 0 spiro atoms. The van der Waals surface area contributed by atoms with E-state index in [9.17, 15) is 4.79 Å². The number of anilines is 1. The van der Waals surface area contributed by atoms with E-state index in [2.05, 4.69) is 10.3 Å². The van der Waals surface area contributed by atoms with Crippen molar-refractivity contribution in [1.82, 2.24) is 4.98 Å². The maximum Gasteiger partial charge on any atom is 0.222 e. The van der Waals surface area contributed by atoms with E-state index in [0.29, 0.717) is 5.82 Å². The molecule has 0 atom stereocenters. The third kappa shape index (κ3) is 1.85. The maximum absolute atomic E-state index is 10.5. The van der Waals surface area contributed by atoms with Crippen LogP contribution in [-0.4, -0.2) is 10.9 Å². The topological polar surface area (TPSA) is 42.0 Å². The van der Waals surface area contributed by atoms with E-state index in [1.54, 1.807) is 18.3 Å². The van der Waals surface area contributed by atoms with Crippen LogP contribution in [0.2, 0.25) is 0 Å². The summed E-state index contributed by atoms with van der Waals surface area (Å²) in [4.78, 5) is 14.3. The minimum absolute atomic E-state index is 0.0984. The highest BCUT2D eigenvalue weighted by Crippen LogP contribution is 1.97. The van der Waals surface area contributed by atoms with Gasteiger partial charge in [-0.2, -0.15) is 0 Å². The summed E-state index contributed by atoms with van der Waals surface area (Å²) in [5.74, 6) is 0.494. The molecule has 1 aromatic heterocycles. The fraction of sp³-hybridized carbons (Fsp3) is 0.143. The molecule has 0 bridgehead atoms. The second-order valence-corrected chi connectivity index (χ2v) is 1.90. The highest BCUT2D eigenvalue weighted by molar-refractivity contribution is 5.87. The number of amides is 1. The number of pyridine rings is 1. The summed E-state index contributed by atoms with van der Waals surface area (Å²) in [6.07, 6.45) is 1.63. The molecule has 0 radical (unpaired) electrons. The summed E-state index contributed by atoms with van der Waals surface area (Å²) in [6, 6.07) is 5.35. The molecule has 52 valence electrons. The summed E-state index contributed by atoms with van der Waals surface area (Å²) < 4.78 is 0. The molecule has 0 saturated carbocycles. The summed E-state index contributed by atoms with van der Waals surface area (Å²) in [5.41, 5.74) is 0. The van der Waals surface area contributed by atoms with Crippen LogP contribution in [0.15, 0.2) is 24.4 Å². The average molecular weight is 136 g/mol. The third-order valence-corrected chi connectivity index (χ3v) is 0.969. The maximum atomic E-state index is 10.5. The molecule has 0 aliphatic carbocycles. The Balaban J connectivity index is 2.67. The predicted octanol–water partition coefficient (Wildman–Crippen LogP) is 1.04. The van der Waals surface area contributed by atoms with Gasteiger partial charge in [-0.15, -0.1) is 0 Å². The van der Waals surface area contributed by atoms with E-state index in [4.69, 9.17) is 0 Å². The number of hydrogen-bond donors (Lipinski definition) is 1. The first kappa shape index (κ1) is 6.74. The Morgan fingerprint density at radius 2 is 2.40 bits per heavy atom. The van der Waals surface area contributed by atoms with E-state index in [1.807, 2.05) is 6.07 Å². The fourth-order valence-corrected chi connectivity index (χ4v) is 0.617. The molecule has 1 amide bonds. The van der Waals surface area contributed by atoms with Crippen molar-refractivity contribution in [2.75, 3.05) is 5.32 Å². The minimum atomic E-state index is -0.0984. The first-order valence-corrected chi connectivity index (χ1v) is 2.97. The molecule has 3 nitrogen and oxygen atoms in total. The molecule has 1 rings (SSSR count). The number of hydrogen-bond acceptors (Lipinski definition) is 2. The van der Waals surface area contributed by atoms with Crippen molar-refractivity contribution in [3.63, 3.8) is 0 Å². The van der Waals surface area contributed by atoms with Gasteiger partial charge in [0, 0.05) is 13.1 Å². The van der Waals surface area contributed by atoms with Gasteiger partial charge in [-0.05, 0) is 12.1 Å². The minimum Gasteiger partial charge on any atom is -0.311 e. The second-order valence-electron chi connectivity index (χ2n) is 1.90. The molecule has 0 saturated heterocycles. The molecule has 1 aromatic rings. The van der Waals surface area contributed by atoms with Gasteiger partial charge in [0.05, 0.1) is 0 Å². The van der Waals surface area contributed by atoms with Gasteiger partial charge in [-0.25, -0.2) is 4.98 Å². The number of aromatic nitrogens is 1. The summed E-state index contributed by atoms with van der Waals surface area (Å²) >= 11 is 0. The monoisotopic (exact) mass is 136 g/mol. The highest BCUT2D eigenvalue weighted by atomic mass is 16.1. The number of carbonyl (C=O) groups excluding carboxylic acids is 1. The van der Waals surface area contributed by atoms with Crippen LogP contribution >= 0.6 is 0 Å². The SMILES string of the molecule is CC(=O)Nc1ccccn1. The first-order chi connectivity index (χ1) is 4.79. The molecule has 1 N–H and O–H groups in total. The van der Waals surface area contributed by atoms with Crippen LogP contribution in [0.25, 0.3) is 0 Å². The smallest absolute Gasteiger partial charge is 0.222 e. The van der Waals surface area contributed by atoms with E-state index in [1.165, 1.54) is 6.92 Å². The number of rotatable bonds is 1. The lowest BCUT2D eigenvalue weighted by Gasteiger charge is -1.96. The van der Waals surface area contributed by atoms with E-state index in [0.717, 1.165) is 0 Å². The zero-order valence-corrected chi connectivity index (χ0v) is 5.66. The van der Waals surface area contributed by atoms with Crippen LogP contribution in [0, 0.1) is 0 Å². The average Bonchev–Trinajstić information content (AvgIpc) is 1.88. The molecular formula is C7H8N2O. The van der Waals surface area contributed by atoms with E-state index >= 15 is 0 Å². The van der Waals surface area contributed by atoms with Crippen molar-refractivity contribution in [2.45, 2.75) is 6.92 Å². The van der Waals surface area contributed by atoms with E-state index in [-0.39, 0.29) is 5.91 Å². The van der Waals surface area contributed by atoms with Crippen LogP contribution < -0.4 is 5.32 Å². The molecule has 1 heterocycles. The molecule has 0 unspecified atom stereocenters. The van der Waals surface area contributed by atoms with Gasteiger partial charge < -0.3 is 5.32 Å². The lowest BCUT2D eigenvalue weighted by atomic mass is 10.4. The Labute approximate surface area is 59.1 Å². The Bertz CT molecular complexity index is 220. The largest absolute Gasteiger partial charge is 0.311 e. The quantitative estimate of drug-likeness (QED) is 0.626. The van der Waals surface area contributed by atoms with Crippen LogP contribution in [0.3, 0.4) is 0 Å². The van der Waals surface area contributed by atoms with Gasteiger partial charge in [-0.3, -0.25) is 4.79 Å². The second kappa shape index (κ2) is 2.96. The molecule has 3 heteroatoms. The van der Waals surface area contributed by atoms with Crippen molar-refractivity contribution in [2.24, 2.45) is 0 Å². The summed E-state index contributed by atoms with van der Waals surface area (Å²) in [7, 11) is 0. The first-order valence-electron chi connectivity index (χ1n) is 2.97. The predicted molar refractivity (Wildman–Crippen MR) is 38.5 cm³/mol. The van der Waals surface area contributed by atoms with Crippen LogP contribution in [0.5, 0.6) is 0 Å². The fourth-order valence-electron chi connectivity index (χ4n) is 0.617. The molecule has 10 heavy (non-hydrogen) atoms. The molecule has 0 aromatic carbocycles. The van der Waals surface area contributed by atoms with Gasteiger partial charge in [0.1, 0.15) is 5.82 Å². The molecule has 0 aliphatic heterocycles. The number of carbonyl (C=O) groups is 1. The van der Waals surface area contributed by atoms with Gasteiger partial charge in [-0.1, -0.05) is 6.07 Å². The standard InChI is InChI=1S/C7H8N2O/c1-6(10)9-7-4-2-3-5-8-7/h2-5H,1H3,(H,8,9,10). The van der Waals surface area contributed by atoms with Crippen LogP contribution in [0.4, 0.5) is 5.82 Å². The third-order valence-electron chi connectivity index (χ3n) is 0.969. The molecular weight excluding hydrogens is 128 g/mol. The lowest BCUT2D eigenvalue weighted by molar-refractivity contribution is -0.114. The Hall–Kier alpha value is -1.38. The Morgan fingerprint density at radius 3 is 2.90 bits per heavy atom. The zero-order chi connectivity index (χ0) is 7.40. The summed E-state index contributed by atoms with van der Waals surface area (Å²) in [6.45, 7) is 1.45. The van der Waals surface area contributed by atoms with Crippen molar-refractivity contribution >= 4 is 11.7 Å². The van der Waals surface area contributed by atoms with Crippen molar-refractivity contribution < 1.29 is 4.79 Å². The van der Waals surface area contributed by atoms with Gasteiger partial charge in [0.15, 0.2) is 0 Å². The zero-order valence-electron chi connectivity index (χ0n) is 5.66. The Kier molecular flexibility index (Phi) is 1.99. The van der Waals surface area contributed by atoms with Crippen molar-refractivity contribution in [3.05, 3.63) is 24.4 Å². The van der Waals surface area contributed by atoms with Crippen LogP contribution in [-0.2, 0) is 4.79 Å².